The lowest BCUT2D eigenvalue weighted by Gasteiger charge is -2.12. The zero-order valence-electron chi connectivity index (χ0n) is 11.7. The highest BCUT2D eigenvalue weighted by molar-refractivity contribution is 5.88. The number of urea groups is 1. The molecule has 0 fully saturated rings. The number of hydrogen-bond donors (Lipinski definition) is 1. The summed E-state index contributed by atoms with van der Waals surface area (Å²) in [6.07, 6.45) is 1.56. The highest BCUT2D eigenvalue weighted by Crippen LogP contribution is 2.23. The van der Waals surface area contributed by atoms with Gasteiger partial charge in [-0.2, -0.15) is 5.26 Å². The fourth-order valence-electron chi connectivity index (χ4n) is 1.51. The topological polar surface area (TPSA) is 78.2 Å². The van der Waals surface area contributed by atoms with Gasteiger partial charge in [-0.1, -0.05) is 0 Å². The van der Waals surface area contributed by atoms with Crippen molar-refractivity contribution in [2.75, 3.05) is 19.4 Å². The van der Waals surface area contributed by atoms with Gasteiger partial charge in [-0.3, -0.25) is 0 Å². The molecule has 0 unspecified atom stereocenters. The lowest BCUT2D eigenvalue weighted by molar-refractivity contribution is 0.230. The second-order valence-electron chi connectivity index (χ2n) is 4.42. The van der Waals surface area contributed by atoms with Crippen LogP contribution in [0, 0.1) is 11.3 Å². The van der Waals surface area contributed by atoms with E-state index >= 15 is 0 Å². The Morgan fingerprint density at radius 2 is 2.00 bits per heavy atom. The Hall–Kier alpha value is -3.07. The predicted molar refractivity (Wildman–Crippen MR) is 78.2 cm³/mol. The van der Waals surface area contributed by atoms with Crippen molar-refractivity contribution in [3.8, 4) is 17.7 Å². The fraction of sp³-hybridized carbons (Fsp3) is 0.133. The average Bonchev–Trinajstić information content (AvgIpc) is 2.49. The van der Waals surface area contributed by atoms with Crippen molar-refractivity contribution >= 4 is 11.7 Å². The summed E-state index contributed by atoms with van der Waals surface area (Å²) in [6, 6.07) is 11.9. The average molecular weight is 282 g/mol. The Labute approximate surface area is 122 Å². The van der Waals surface area contributed by atoms with Crippen LogP contribution in [0.15, 0.2) is 42.6 Å². The molecule has 6 nitrogen and oxygen atoms in total. The molecule has 21 heavy (non-hydrogen) atoms. The quantitative estimate of drug-likeness (QED) is 0.938. The Morgan fingerprint density at radius 3 is 2.62 bits per heavy atom. The van der Waals surface area contributed by atoms with Crippen LogP contribution in [0.1, 0.15) is 5.56 Å². The summed E-state index contributed by atoms with van der Waals surface area (Å²) >= 11 is 0. The van der Waals surface area contributed by atoms with Gasteiger partial charge in [0.15, 0.2) is 0 Å². The first kappa shape index (κ1) is 14.3. The highest BCUT2D eigenvalue weighted by Gasteiger charge is 2.06. The van der Waals surface area contributed by atoms with Crippen LogP contribution in [0.3, 0.4) is 0 Å². The predicted octanol–water partition coefficient (Wildman–Crippen LogP) is 2.84. The first-order valence-corrected chi connectivity index (χ1v) is 6.21. The zero-order chi connectivity index (χ0) is 15.2. The number of anilines is 1. The maximum atomic E-state index is 11.5. The first-order valence-electron chi connectivity index (χ1n) is 6.21. The van der Waals surface area contributed by atoms with Crippen molar-refractivity contribution in [1.29, 1.82) is 5.26 Å². The first-order chi connectivity index (χ1) is 10.1. The van der Waals surface area contributed by atoms with Gasteiger partial charge >= 0.3 is 6.03 Å². The summed E-state index contributed by atoms with van der Waals surface area (Å²) < 4.78 is 5.55. The molecule has 2 amide bonds. The van der Waals surface area contributed by atoms with Crippen molar-refractivity contribution < 1.29 is 9.53 Å². The third-order valence-electron chi connectivity index (χ3n) is 2.62. The van der Waals surface area contributed by atoms with Gasteiger partial charge in [0.1, 0.15) is 17.4 Å². The third-order valence-corrected chi connectivity index (χ3v) is 2.62. The molecule has 106 valence electrons. The minimum atomic E-state index is -0.208. The molecule has 0 aliphatic rings. The van der Waals surface area contributed by atoms with Crippen LogP contribution in [-0.2, 0) is 0 Å². The van der Waals surface area contributed by atoms with E-state index in [9.17, 15) is 4.79 Å². The van der Waals surface area contributed by atoms with Crippen LogP contribution >= 0.6 is 0 Å². The molecule has 0 bridgehead atoms. The zero-order valence-corrected chi connectivity index (χ0v) is 11.7. The van der Waals surface area contributed by atoms with E-state index in [-0.39, 0.29) is 11.9 Å². The number of carbonyl (C=O) groups excluding carboxylic acids is 1. The molecular formula is C15H14N4O2. The molecule has 0 aliphatic carbocycles. The van der Waals surface area contributed by atoms with Crippen molar-refractivity contribution in [3.05, 3.63) is 48.2 Å². The number of hydrogen-bond acceptors (Lipinski definition) is 4. The Kier molecular flexibility index (Phi) is 4.36. The minimum absolute atomic E-state index is 0.208. The van der Waals surface area contributed by atoms with Crippen LogP contribution in [0.25, 0.3) is 0 Å². The number of carbonyl (C=O) groups is 1. The van der Waals surface area contributed by atoms with Gasteiger partial charge in [0.2, 0.25) is 5.88 Å². The second-order valence-corrected chi connectivity index (χ2v) is 4.42. The second kappa shape index (κ2) is 6.39. The van der Waals surface area contributed by atoms with Crippen molar-refractivity contribution in [2.24, 2.45) is 0 Å². The molecule has 0 radical (unpaired) electrons. The molecule has 0 aliphatic heterocycles. The number of aromatic nitrogens is 1. The summed E-state index contributed by atoms with van der Waals surface area (Å²) in [6.45, 7) is 0. The summed E-state index contributed by atoms with van der Waals surface area (Å²) in [5.41, 5.74) is 1.02. The summed E-state index contributed by atoms with van der Waals surface area (Å²) in [4.78, 5) is 17.0. The van der Waals surface area contributed by atoms with E-state index in [0.717, 1.165) is 0 Å². The molecule has 1 aromatic carbocycles. The molecule has 2 rings (SSSR count). The smallest absolute Gasteiger partial charge is 0.321 e. The van der Waals surface area contributed by atoms with Gasteiger partial charge < -0.3 is 15.0 Å². The number of amides is 2. The van der Waals surface area contributed by atoms with Gasteiger partial charge in [-0.15, -0.1) is 0 Å². The number of nitrogens with one attached hydrogen (secondary N) is 1. The lowest BCUT2D eigenvalue weighted by Crippen LogP contribution is -2.27. The van der Waals surface area contributed by atoms with E-state index in [1.165, 1.54) is 4.90 Å². The molecule has 1 aromatic heterocycles. The van der Waals surface area contributed by atoms with Crippen molar-refractivity contribution in [3.63, 3.8) is 0 Å². The van der Waals surface area contributed by atoms with E-state index in [2.05, 4.69) is 10.3 Å². The van der Waals surface area contributed by atoms with Crippen LogP contribution in [0.2, 0.25) is 0 Å². The SMILES string of the molecule is CN(C)C(=O)Nc1ccc(Oc2ncccc2C#N)cc1. The highest BCUT2D eigenvalue weighted by atomic mass is 16.5. The molecule has 0 saturated heterocycles. The van der Waals surface area contributed by atoms with E-state index in [1.807, 2.05) is 6.07 Å². The fourth-order valence-corrected chi connectivity index (χ4v) is 1.51. The van der Waals surface area contributed by atoms with Crippen LogP contribution in [0.5, 0.6) is 11.6 Å². The number of pyridine rings is 1. The third kappa shape index (κ3) is 3.70. The Bertz CT molecular complexity index is 675. The van der Waals surface area contributed by atoms with Gasteiger partial charge in [0, 0.05) is 26.0 Å². The number of nitriles is 1. The van der Waals surface area contributed by atoms with Gasteiger partial charge in [-0.25, -0.2) is 9.78 Å². The molecule has 6 heteroatoms. The summed E-state index contributed by atoms with van der Waals surface area (Å²) in [5.74, 6) is 0.790. The number of benzene rings is 1. The number of rotatable bonds is 3. The molecule has 0 spiro atoms. The largest absolute Gasteiger partial charge is 0.438 e. The van der Waals surface area contributed by atoms with Crippen LogP contribution in [0.4, 0.5) is 10.5 Å². The van der Waals surface area contributed by atoms with Gasteiger partial charge in [0.25, 0.3) is 0 Å². The van der Waals surface area contributed by atoms with Crippen molar-refractivity contribution in [1.82, 2.24) is 9.88 Å². The van der Waals surface area contributed by atoms with Crippen molar-refractivity contribution in [2.45, 2.75) is 0 Å². The van der Waals surface area contributed by atoms with E-state index in [0.29, 0.717) is 17.0 Å². The van der Waals surface area contributed by atoms with Crippen LogP contribution < -0.4 is 10.1 Å². The van der Waals surface area contributed by atoms with Gasteiger partial charge in [-0.05, 0) is 36.4 Å². The van der Waals surface area contributed by atoms with E-state index in [4.69, 9.17) is 10.00 Å². The molecule has 1 N–H and O–H groups in total. The van der Waals surface area contributed by atoms with Crippen LogP contribution in [-0.4, -0.2) is 30.0 Å². The summed E-state index contributed by atoms with van der Waals surface area (Å²) in [7, 11) is 3.33. The molecule has 1 heterocycles. The van der Waals surface area contributed by atoms with E-state index < -0.39 is 0 Å². The lowest BCUT2D eigenvalue weighted by atomic mass is 10.3. The number of nitrogens with zero attached hydrogens (tertiary/aromatic N) is 3. The number of ether oxygens (including phenoxy) is 1. The maximum absolute atomic E-state index is 11.5. The minimum Gasteiger partial charge on any atom is -0.438 e. The molecule has 2 aromatic rings. The molecule has 0 saturated carbocycles. The normalized spacial score (nSPS) is 9.57. The molecule has 0 atom stereocenters. The van der Waals surface area contributed by atoms with Gasteiger partial charge in [0.05, 0.1) is 0 Å². The summed E-state index contributed by atoms with van der Waals surface area (Å²) in [5, 5.41) is 11.7. The monoisotopic (exact) mass is 282 g/mol. The van der Waals surface area contributed by atoms with E-state index in [1.54, 1.807) is 56.7 Å². The Morgan fingerprint density at radius 1 is 1.29 bits per heavy atom. The maximum Gasteiger partial charge on any atom is 0.321 e. The Balaban J connectivity index is 2.09. The standard InChI is InChI=1S/C15H14N4O2/c1-19(2)15(20)18-12-5-7-13(8-6-12)21-14-11(10-16)4-3-9-17-14/h3-9H,1-2H3,(H,18,20). The molecular weight excluding hydrogens is 268 g/mol.